The maximum absolute atomic E-state index is 12.4. The molecule has 0 unspecified atom stereocenters. The summed E-state index contributed by atoms with van der Waals surface area (Å²) in [6.07, 6.45) is 0.922. The summed E-state index contributed by atoms with van der Waals surface area (Å²) in [7, 11) is 0. The van der Waals surface area contributed by atoms with Crippen molar-refractivity contribution in [3.8, 4) is 0 Å². The van der Waals surface area contributed by atoms with Gasteiger partial charge in [-0.1, -0.05) is 24.3 Å². The minimum absolute atomic E-state index is 0.377. The minimum atomic E-state index is -0.823. The van der Waals surface area contributed by atoms with Crippen LogP contribution in [0.15, 0.2) is 24.3 Å². The van der Waals surface area contributed by atoms with Gasteiger partial charge in [0.2, 0.25) is 0 Å². The molecule has 0 saturated carbocycles. The van der Waals surface area contributed by atoms with E-state index in [4.69, 9.17) is 10.3 Å². The average Bonchev–Trinajstić information content (AvgIpc) is 2.44. The highest BCUT2D eigenvalue weighted by Crippen LogP contribution is 2.31. The summed E-state index contributed by atoms with van der Waals surface area (Å²) in [6.45, 7) is 5.69. The third-order valence-electron chi connectivity index (χ3n) is 3.37. The van der Waals surface area contributed by atoms with E-state index in [2.05, 4.69) is 4.79 Å². The molecule has 1 aliphatic heterocycles. The van der Waals surface area contributed by atoms with Crippen LogP contribution in [0.3, 0.4) is 0 Å². The number of ketones is 1. The molecule has 0 radical (unpaired) electrons. The van der Waals surface area contributed by atoms with Crippen LogP contribution in [0.4, 0.5) is 4.79 Å². The van der Waals surface area contributed by atoms with Crippen molar-refractivity contribution in [3.05, 3.63) is 40.9 Å². The van der Waals surface area contributed by atoms with E-state index in [0.29, 0.717) is 13.0 Å². The third kappa shape index (κ3) is 3.40. The number of fused-ring (bicyclic) bond motifs is 1. The van der Waals surface area contributed by atoms with Gasteiger partial charge in [0.15, 0.2) is 0 Å². The predicted octanol–water partition coefficient (Wildman–Crippen LogP) is 2.39. The summed E-state index contributed by atoms with van der Waals surface area (Å²) in [5, 5.41) is 0. The van der Waals surface area contributed by atoms with Gasteiger partial charge in [-0.15, -0.1) is 0 Å². The van der Waals surface area contributed by atoms with Gasteiger partial charge < -0.3 is 10.3 Å². The third-order valence-corrected chi connectivity index (χ3v) is 3.37. The van der Waals surface area contributed by atoms with Crippen molar-refractivity contribution in [3.63, 3.8) is 0 Å². The predicted molar refractivity (Wildman–Crippen MR) is 80.5 cm³/mol. The van der Waals surface area contributed by atoms with E-state index in [1.165, 1.54) is 4.90 Å². The molecule has 22 heavy (non-hydrogen) atoms. The lowest BCUT2D eigenvalue weighted by Gasteiger charge is -2.36. The van der Waals surface area contributed by atoms with Crippen molar-refractivity contribution in [1.29, 1.82) is 0 Å². The quantitative estimate of drug-likeness (QED) is 0.477. The molecule has 2 rings (SSSR count). The van der Waals surface area contributed by atoms with Crippen LogP contribution < -0.4 is 0 Å². The Morgan fingerprint density at radius 1 is 1.36 bits per heavy atom. The van der Waals surface area contributed by atoms with Gasteiger partial charge in [-0.2, -0.15) is 4.79 Å². The van der Waals surface area contributed by atoms with E-state index >= 15 is 0 Å². The first-order valence-corrected chi connectivity index (χ1v) is 7.12. The van der Waals surface area contributed by atoms with Gasteiger partial charge in [-0.3, -0.25) is 9.69 Å². The lowest BCUT2D eigenvalue weighted by Crippen LogP contribution is -2.46. The molecule has 0 spiro atoms. The summed E-state index contributed by atoms with van der Waals surface area (Å²) in [5.74, 6) is -0.458. The number of amides is 1. The maximum atomic E-state index is 12.4. The van der Waals surface area contributed by atoms with Crippen LogP contribution in [0, 0.1) is 0 Å². The van der Waals surface area contributed by atoms with E-state index in [9.17, 15) is 9.59 Å². The van der Waals surface area contributed by atoms with E-state index in [1.54, 1.807) is 26.8 Å². The normalized spacial score (nSPS) is 17.2. The Labute approximate surface area is 129 Å². The van der Waals surface area contributed by atoms with Crippen LogP contribution in [0.2, 0.25) is 0 Å². The first-order chi connectivity index (χ1) is 10.3. The first-order valence-electron chi connectivity index (χ1n) is 7.12. The van der Waals surface area contributed by atoms with E-state index in [0.717, 1.165) is 17.3 Å². The van der Waals surface area contributed by atoms with Gasteiger partial charge in [0, 0.05) is 6.54 Å². The summed E-state index contributed by atoms with van der Waals surface area (Å²) < 4.78 is 5.38. The van der Waals surface area contributed by atoms with Crippen molar-refractivity contribution >= 4 is 18.1 Å². The summed E-state index contributed by atoms with van der Waals surface area (Å²) in [6, 6.07) is 6.62. The number of Topliss-reactive ketones (excluding diaryl/α,β-unsaturated/α-hetero) is 1. The summed E-state index contributed by atoms with van der Waals surface area (Å²) in [4.78, 5) is 28.9. The molecule has 0 fully saturated rings. The molecule has 1 aliphatic rings. The molecule has 0 bridgehead atoms. The minimum Gasteiger partial charge on any atom is -0.444 e. The van der Waals surface area contributed by atoms with Gasteiger partial charge >= 0.3 is 12.3 Å². The highest BCUT2D eigenvalue weighted by atomic mass is 16.6. The van der Waals surface area contributed by atoms with Crippen LogP contribution in [0.1, 0.15) is 37.9 Å². The van der Waals surface area contributed by atoms with Crippen molar-refractivity contribution in [2.24, 2.45) is 0 Å². The Balaban J connectivity index is 2.39. The molecule has 0 aliphatic carbocycles. The van der Waals surface area contributed by atoms with E-state index in [-0.39, 0.29) is 0 Å². The standard InChI is InChI=1S/C16H19N3O3/c1-16(2,3)22-15(21)19-9-8-11-6-4-5-7-12(11)14(19)13(20)10-18-17/h4-7,10,14H,8-9H2,1-3H3/t14-/m1/s1. The van der Waals surface area contributed by atoms with Gasteiger partial charge in [0.1, 0.15) is 11.6 Å². The molecule has 1 atom stereocenters. The zero-order valence-electron chi connectivity index (χ0n) is 12.9. The van der Waals surface area contributed by atoms with Crippen molar-refractivity contribution in [2.45, 2.75) is 38.8 Å². The lowest BCUT2D eigenvalue weighted by atomic mass is 9.90. The molecule has 116 valence electrons. The smallest absolute Gasteiger partial charge is 0.411 e. The molecular weight excluding hydrogens is 282 g/mol. The van der Waals surface area contributed by atoms with Gasteiger partial charge in [0.25, 0.3) is 5.78 Å². The highest BCUT2D eigenvalue weighted by Gasteiger charge is 2.38. The SMILES string of the molecule is CC(C)(C)OC(=O)N1CCc2ccccc2[C@@H]1C(=O)C=[N+]=[N-]. The molecule has 1 aromatic rings. The Bertz CT molecular complexity index is 642. The summed E-state index contributed by atoms with van der Waals surface area (Å²) in [5.41, 5.74) is 9.74. The van der Waals surface area contributed by atoms with Crippen LogP contribution in [0.5, 0.6) is 0 Å². The van der Waals surface area contributed by atoms with Gasteiger partial charge in [0.05, 0.1) is 0 Å². The molecule has 0 saturated heterocycles. The molecule has 0 N–H and O–H groups in total. The van der Waals surface area contributed by atoms with Crippen molar-refractivity contribution in [1.82, 2.24) is 4.90 Å². The summed E-state index contributed by atoms with van der Waals surface area (Å²) >= 11 is 0. The number of hydrogen-bond donors (Lipinski definition) is 0. The second-order valence-electron chi connectivity index (χ2n) is 6.17. The van der Waals surface area contributed by atoms with E-state index < -0.39 is 23.5 Å². The monoisotopic (exact) mass is 301 g/mol. The molecule has 1 amide bonds. The lowest BCUT2D eigenvalue weighted by molar-refractivity contribution is -0.121. The fourth-order valence-corrected chi connectivity index (χ4v) is 2.52. The first kappa shape index (κ1) is 15.9. The van der Waals surface area contributed by atoms with E-state index in [1.807, 2.05) is 18.2 Å². The fraction of sp³-hybridized carbons (Fsp3) is 0.438. The van der Waals surface area contributed by atoms with Crippen molar-refractivity contribution in [2.75, 3.05) is 6.54 Å². The number of nitrogens with zero attached hydrogens (tertiary/aromatic N) is 3. The molecule has 6 heteroatoms. The van der Waals surface area contributed by atoms with Crippen LogP contribution in [-0.2, 0) is 16.0 Å². The zero-order chi connectivity index (χ0) is 16.3. The topological polar surface area (TPSA) is 83.0 Å². The number of ether oxygens (including phenoxy) is 1. The Morgan fingerprint density at radius 3 is 2.68 bits per heavy atom. The molecule has 1 aromatic carbocycles. The Hall–Kier alpha value is -2.46. The highest BCUT2D eigenvalue weighted by molar-refractivity contribution is 6.28. The number of rotatable bonds is 2. The van der Waals surface area contributed by atoms with Crippen LogP contribution >= 0.6 is 0 Å². The largest absolute Gasteiger partial charge is 0.444 e. The molecule has 6 nitrogen and oxygen atoms in total. The Kier molecular flexibility index (Phi) is 4.43. The number of hydrogen-bond acceptors (Lipinski definition) is 3. The second-order valence-corrected chi connectivity index (χ2v) is 6.17. The Morgan fingerprint density at radius 2 is 2.05 bits per heavy atom. The zero-order valence-corrected chi connectivity index (χ0v) is 12.9. The average molecular weight is 301 g/mol. The molecule has 1 heterocycles. The number of benzene rings is 1. The maximum Gasteiger partial charge on any atom is 0.411 e. The van der Waals surface area contributed by atoms with Crippen molar-refractivity contribution < 1.29 is 19.1 Å². The molecular formula is C16H19N3O3. The fourth-order valence-electron chi connectivity index (χ4n) is 2.52. The van der Waals surface area contributed by atoms with Crippen LogP contribution in [0.25, 0.3) is 5.53 Å². The molecule has 0 aromatic heterocycles. The van der Waals surface area contributed by atoms with Crippen LogP contribution in [-0.4, -0.2) is 39.9 Å². The number of carbonyl (C=O) groups excluding carboxylic acids is 2. The van der Waals surface area contributed by atoms with Gasteiger partial charge in [-0.05, 0) is 38.3 Å². The second kappa shape index (κ2) is 6.12. The number of carbonyl (C=O) groups is 2. The van der Waals surface area contributed by atoms with Gasteiger partial charge in [-0.25, -0.2) is 4.79 Å².